The number of benzene rings is 1. The molecule has 0 radical (unpaired) electrons. The Morgan fingerprint density at radius 3 is 2.79 bits per heavy atom. The molecule has 0 aliphatic heterocycles. The lowest BCUT2D eigenvalue weighted by Gasteiger charge is -2.25. The van der Waals surface area contributed by atoms with Crippen LogP contribution in [0.5, 0.6) is 0 Å². The molecule has 102 valence electrons. The number of carboxylic acid groups (broad SMARTS) is 1. The molecule has 0 spiro atoms. The molecule has 19 heavy (non-hydrogen) atoms. The number of carbonyl (C=O) groups is 1. The molecule has 2 rings (SSSR count). The van der Waals surface area contributed by atoms with Gasteiger partial charge >= 0.3 is 5.97 Å². The molecular formula is C16H21NO2. The van der Waals surface area contributed by atoms with Gasteiger partial charge in [-0.2, -0.15) is 0 Å². The van der Waals surface area contributed by atoms with Crippen molar-refractivity contribution in [1.82, 2.24) is 4.90 Å². The molecule has 1 unspecified atom stereocenters. The van der Waals surface area contributed by atoms with Crippen LogP contribution in [-0.4, -0.2) is 29.1 Å². The van der Waals surface area contributed by atoms with Crippen molar-refractivity contribution in [3.05, 3.63) is 41.5 Å². The van der Waals surface area contributed by atoms with Crippen molar-refractivity contribution in [3.63, 3.8) is 0 Å². The second-order valence-corrected chi connectivity index (χ2v) is 5.36. The molecule has 3 nitrogen and oxygen atoms in total. The lowest BCUT2D eigenvalue weighted by atomic mass is 10.1. The zero-order chi connectivity index (χ0) is 13.8. The maximum atomic E-state index is 10.6. The van der Waals surface area contributed by atoms with Gasteiger partial charge in [0.2, 0.25) is 0 Å². The van der Waals surface area contributed by atoms with E-state index in [1.165, 1.54) is 24.5 Å². The fourth-order valence-electron chi connectivity index (χ4n) is 2.35. The van der Waals surface area contributed by atoms with Gasteiger partial charge in [-0.25, -0.2) is 4.79 Å². The van der Waals surface area contributed by atoms with Gasteiger partial charge in [-0.05, 0) is 49.9 Å². The van der Waals surface area contributed by atoms with Crippen molar-refractivity contribution in [3.8, 4) is 0 Å². The second-order valence-electron chi connectivity index (χ2n) is 5.36. The molecule has 1 saturated carbocycles. The first-order chi connectivity index (χ1) is 9.08. The Morgan fingerprint density at radius 1 is 1.47 bits per heavy atom. The lowest BCUT2D eigenvalue weighted by Crippen LogP contribution is -2.30. The van der Waals surface area contributed by atoms with E-state index in [4.69, 9.17) is 5.11 Å². The molecule has 0 aromatic heterocycles. The smallest absolute Gasteiger partial charge is 0.328 e. The highest BCUT2D eigenvalue weighted by atomic mass is 16.4. The number of rotatable bonds is 6. The number of aliphatic carboxylic acids is 1. The Morgan fingerprint density at radius 2 is 2.16 bits per heavy atom. The normalized spacial score (nSPS) is 17.0. The summed E-state index contributed by atoms with van der Waals surface area (Å²) in [4.78, 5) is 13.0. The summed E-state index contributed by atoms with van der Waals surface area (Å²) < 4.78 is 0. The molecule has 0 heterocycles. The third kappa shape index (κ3) is 3.93. The highest BCUT2D eigenvalue weighted by Crippen LogP contribution is 2.35. The largest absolute Gasteiger partial charge is 0.478 e. The molecule has 0 amide bonds. The summed E-state index contributed by atoms with van der Waals surface area (Å²) in [5.74, 6) is -0.0683. The van der Waals surface area contributed by atoms with Gasteiger partial charge < -0.3 is 5.11 Å². The molecule has 1 fully saturated rings. The molecule has 1 N–H and O–H groups in total. The first kappa shape index (κ1) is 13.8. The van der Waals surface area contributed by atoms with Crippen LogP contribution in [0.1, 0.15) is 30.9 Å². The highest BCUT2D eigenvalue weighted by molar-refractivity contribution is 5.85. The molecule has 1 aliphatic rings. The Hall–Kier alpha value is -1.61. The van der Waals surface area contributed by atoms with E-state index in [2.05, 4.69) is 24.9 Å². The molecule has 1 atom stereocenters. The topological polar surface area (TPSA) is 40.5 Å². The number of hydrogen-bond acceptors (Lipinski definition) is 2. The SMILES string of the molecule is CC(C1CC1)N(C)Cc1ccccc1/C=C/C(=O)O. The number of carboxylic acids is 1. The summed E-state index contributed by atoms with van der Waals surface area (Å²) in [7, 11) is 2.14. The fourth-order valence-corrected chi connectivity index (χ4v) is 2.35. The van der Waals surface area contributed by atoms with Crippen LogP contribution in [-0.2, 0) is 11.3 Å². The second kappa shape index (κ2) is 6.02. The minimum atomic E-state index is -0.908. The molecule has 1 aromatic rings. The van der Waals surface area contributed by atoms with Gasteiger partial charge in [-0.1, -0.05) is 24.3 Å². The molecular weight excluding hydrogens is 238 g/mol. The number of hydrogen-bond donors (Lipinski definition) is 1. The van der Waals surface area contributed by atoms with Gasteiger partial charge in [-0.15, -0.1) is 0 Å². The van der Waals surface area contributed by atoms with Crippen molar-refractivity contribution in [2.45, 2.75) is 32.4 Å². The quantitative estimate of drug-likeness (QED) is 0.798. The summed E-state index contributed by atoms with van der Waals surface area (Å²) in [6.07, 6.45) is 5.55. The van der Waals surface area contributed by atoms with E-state index in [9.17, 15) is 4.79 Å². The van der Waals surface area contributed by atoms with E-state index >= 15 is 0 Å². The highest BCUT2D eigenvalue weighted by Gasteiger charge is 2.30. The van der Waals surface area contributed by atoms with Gasteiger partial charge in [0.25, 0.3) is 0 Å². The summed E-state index contributed by atoms with van der Waals surface area (Å²) >= 11 is 0. The van der Waals surface area contributed by atoms with E-state index in [1.807, 2.05) is 18.2 Å². The van der Waals surface area contributed by atoms with Crippen LogP contribution in [0.3, 0.4) is 0 Å². The lowest BCUT2D eigenvalue weighted by molar-refractivity contribution is -0.131. The minimum absolute atomic E-state index is 0.594. The summed E-state index contributed by atoms with van der Waals surface area (Å²) in [6, 6.07) is 8.57. The zero-order valence-corrected chi connectivity index (χ0v) is 11.5. The van der Waals surface area contributed by atoms with Crippen molar-refractivity contribution in [2.75, 3.05) is 7.05 Å². The summed E-state index contributed by atoms with van der Waals surface area (Å²) in [5.41, 5.74) is 2.16. The first-order valence-electron chi connectivity index (χ1n) is 6.77. The average molecular weight is 259 g/mol. The monoisotopic (exact) mass is 259 g/mol. The van der Waals surface area contributed by atoms with Crippen LogP contribution >= 0.6 is 0 Å². The predicted molar refractivity (Wildman–Crippen MR) is 76.8 cm³/mol. The fraction of sp³-hybridized carbons (Fsp3) is 0.438. The van der Waals surface area contributed by atoms with Crippen molar-refractivity contribution >= 4 is 12.0 Å². The average Bonchev–Trinajstić information content (AvgIpc) is 3.21. The van der Waals surface area contributed by atoms with Crippen LogP contribution < -0.4 is 0 Å². The Balaban J connectivity index is 2.08. The van der Waals surface area contributed by atoms with Crippen LogP contribution in [0.4, 0.5) is 0 Å². The van der Waals surface area contributed by atoms with Gasteiger partial charge in [0.15, 0.2) is 0 Å². The number of nitrogens with zero attached hydrogens (tertiary/aromatic N) is 1. The van der Waals surface area contributed by atoms with E-state index in [1.54, 1.807) is 6.08 Å². The van der Waals surface area contributed by atoms with Crippen LogP contribution in [0.25, 0.3) is 6.08 Å². The Bertz CT molecular complexity index is 477. The Labute approximate surface area is 114 Å². The van der Waals surface area contributed by atoms with Crippen LogP contribution in [0.2, 0.25) is 0 Å². The van der Waals surface area contributed by atoms with Crippen molar-refractivity contribution in [2.24, 2.45) is 5.92 Å². The molecule has 0 saturated heterocycles. The molecule has 0 bridgehead atoms. The van der Waals surface area contributed by atoms with E-state index in [0.29, 0.717) is 6.04 Å². The minimum Gasteiger partial charge on any atom is -0.478 e. The van der Waals surface area contributed by atoms with E-state index in [-0.39, 0.29) is 0 Å². The standard InChI is InChI=1S/C16H21NO2/c1-12(13-7-8-13)17(2)11-15-6-4-3-5-14(15)9-10-16(18)19/h3-6,9-10,12-13H,7-8,11H2,1-2H3,(H,18,19)/b10-9+. The molecule has 1 aliphatic carbocycles. The molecule has 1 aromatic carbocycles. The summed E-state index contributed by atoms with van der Waals surface area (Å²) in [6.45, 7) is 3.13. The maximum Gasteiger partial charge on any atom is 0.328 e. The van der Waals surface area contributed by atoms with Crippen LogP contribution in [0, 0.1) is 5.92 Å². The van der Waals surface area contributed by atoms with Gasteiger partial charge in [-0.3, -0.25) is 4.90 Å². The van der Waals surface area contributed by atoms with E-state index in [0.717, 1.165) is 18.0 Å². The van der Waals surface area contributed by atoms with Crippen molar-refractivity contribution in [1.29, 1.82) is 0 Å². The Kier molecular flexibility index (Phi) is 4.38. The third-order valence-corrected chi connectivity index (χ3v) is 3.88. The molecule has 3 heteroatoms. The summed E-state index contributed by atoms with van der Waals surface area (Å²) in [5, 5.41) is 8.72. The van der Waals surface area contributed by atoms with Gasteiger partial charge in [0.1, 0.15) is 0 Å². The van der Waals surface area contributed by atoms with Crippen molar-refractivity contribution < 1.29 is 9.90 Å². The first-order valence-corrected chi connectivity index (χ1v) is 6.77. The van der Waals surface area contributed by atoms with Gasteiger partial charge in [0.05, 0.1) is 0 Å². The zero-order valence-electron chi connectivity index (χ0n) is 11.5. The maximum absolute atomic E-state index is 10.6. The van der Waals surface area contributed by atoms with Gasteiger partial charge in [0, 0.05) is 18.7 Å². The van der Waals surface area contributed by atoms with Crippen LogP contribution in [0.15, 0.2) is 30.3 Å². The predicted octanol–water partition coefficient (Wildman–Crippen LogP) is 3.01. The van der Waals surface area contributed by atoms with E-state index < -0.39 is 5.97 Å². The third-order valence-electron chi connectivity index (χ3n) is 3.88.